The van der Waals surface area contributed by atoms with Gasteiger partial charge in [-0.15, -0.1) is 0 Å². The van der Waals surface area contributed by atoms with Crippen LogP contribution in [0, 0.1) is 10.1 Å². The fourth-order valence-electron chi connectivity index (χ4n) is 1.51. The van der Waals surface area contributed by atoms with E-state index in [4.69, 9.17) is 23.2 Å². The smallest absolute Gasteiger partial charge is 0.282 e. The number of rotatable bonds is 3. The standard InChI is InChI=1S/C12H7Cl2N3O3/c13-7-1-2-10(17(19)20)9(5-7)12(18)16-11-6-8(14)3-4-15-11/h1-6H,(H,15,16,18). The number of anilines is 1. The molecule has 20 heavy (non-hydrogen) atoms. The van der Waals surface area contributed by atoms with Crippen LogP contribution in [0.2, 0.25) is 10.0 Å². The van der Waals surface area contributed by atoms with Gasteiger partial charge >= 0.3 is 0 Å². The van der Waals surface area contributed by atoms with E-state index in [1.165, 1.54) is 30.5 Å². The Labute approximate surface area is 123 Å². The van der Waals surface area contributed by atoms with E-state index in [9.17, 15) is 14.9 Å². The van der Waals surface area contributed by atoms with E-state index in [1.807, 2.05) is 0 Å². The van der Waals surface area contributed by atoms with Crippen molar-refractivity contribution < 1.29 is 9.72 Å². The average molecular weight is 312 g/mol. The SMILES string of the molecule is O=C(Nc1cc(Cl)ccn1)c1cc(Cl)ccc1[N+](=O)[O-]. The molecule has 0 aliphatic heterocycles. The maximum Gasteiger partial charge on any atom is 0.282 e. The van der Waals surface area contributed by atoms with Crippen molar-refractivity contribution in [1.29, 1.82) is 0 Å². The third-order valence-electron chi connectivity index (χ3n) is 2.36. The second kappa shape index (κ2) is 5.85. The molecule has 0 aliphatic rings. The summed E-state index contributed by atoms with van der Waals surface area (Å²) < 4.78 is 0. The van der Waals surface area contributed by atoms with Crippen molar-refractivity contribution in [1.82, 2.24) is 4.98 Å². The van der Waals surface area contributed by atoms with Crippen molar-refractivity contribution in [2.24, 2.45) is 0 Å². The zero-order chi connectivity index (χ0) is 14.7. The summed E-state index contributed by atoms with van der Waals surface area (Å²) in [6.07, 6.45) is 1.41. The first kappa shape index (κ1) is 14.2. The molecule has 102 valence electrons. The Balaban J connectivity index is 2.34. The van der Waals surface area contributed by atoms with Crippen molar-refractivity contribution in [3.05, 3.63) is 62.3 Å². The number of carbonyl (C=O) groups is 1. The van der Waals surface area contributed by atoms with Crippen molar-refractivity contribution in [2.45, 2.75) is 0 Å². The molecule has 0 spiro atoms. The summed E-state index contributed by atoms with van der Waals surface area (Å²) in [4.78, 5) is 26.2. The first-order valence-electron chi connectivity index (χ1n) is 5.34. The van der Waals surface area contributed by atoms with Gasteiger partial charge in [0.1, 0.15) is 11.4 Å². The van der Waals surface area contributed by atoms with Gasteiger partial charge in [0.15, 0.2) is 0 Å². The summed E-state index contributed by atoms with van der Waals surface area (Å²) in [6, 6.07) is 6.70. The van der Waals surface area contributed by atoms with Crippen LogP contribution in [-0.4, -0.2) is 15.8 Å². The van der Waals surface area contributed by atoms with Crippen LogP contribution >= 0.6 is 23.2 Å². The number of amides is 1. The van der Waals surface area contributed by atoms with Crippen LogP contribution < -0.4 is 5.32 Å². The molecule has 0 fully saturated rings. The molecule has 0 bridgehead atoms. The van der Waals surface area contributed by atoms with Crippen molar-refractivity contribution in [3.8, 4) is 0 Å². The van der Waals surface area contributed by atoms with E-state index in [0.29, 0.717) is 5.02 Å². The van der Waals surface area contributed by atoms with Gasteiger partial charge in [0.2, 0.25) is 0 Å². The number of hydrogen-bond acceptors (Lipinski definition) is 4. The molecule has 8 heteroatoms. The highest BCUT2D eigenvalue weighted by atomic mass is 35.5. The van der Waals surface area contributed by atoms with E-state index < -0.39 is 10.8 Å². The average Bonchev–Trinajstić information content (AvgIpc) is 2.38. The number of aromatic nitrogens is 1. The Kier molecular flexibility index (Phi) is 4.16. The summed E-state index contributed by atoms with van der Waals surface area (Å²) in [6.45, 7) is 0. The molecular formula is C12H7Cl2N3O3. The molecule has 1 N–H and O–H groups in total. The van der Waals surface area contributed by atoms with Gasteiger partial charge in [0, 0.05) is 22.3 Å². The minimum atomic E-state index is -0.686. The lowest BCUT2D eigenvalue weighted by molar-refractivity contribution is -0.385. The number of halogens is 2. The topological polar surface area (TPSA) is 85.1 Å². The van der Waals surface area contributed by atoms with Crippen molar-refractivity contribution in [3.63, 3.8) is 0 Å². The monoisotopic (exact) mass is 311 g/mol. The predicted molar refractivity (Wildman–Crippen MR) is 75.3 cm³/mol. The lowest BCUT2D eigenvalue weighted by atomic mass is 10.1. The van der Waals surface area contributed by atoms with Gasteiger partial charge in [0.05, 0.1) is 4.92 Å². The molecule has 0 saturated heterocycles. The van der Waals surface area contributed by atoms with Crippen LogP contribution in [0.5, 0.6) is 0 Å². The van der Waals surface area contributed by atoms with E-state index in [2.05, 4.69) is 10.3 Å². The quantitative estimate of drug-likeness (QED) is 0.693. The number of carbonyl (C=O) groups excluding carboxylic acids is 1. The summed E-state index contributed by atoms with van der Waals surface area (Å²) >= 11 is 11.5. The molecule has 1 heterocycles. The zero-order valence-electron chi connectivity index (χ0n) is 9.84. The fourth-order valence-corrected chi connectivity index (χ4v) is 1.84. The number of pyridine rings is 1. The van der Waals surface area contributed by atoms with Gasteiger partial charge < -0.3 is 5.32 Å². The second-order valence-electron chi connectivity index (χ2n) is 3.73. The summed E-state index contributed by atoms with van der Waals surface area (Å²) in [7, 11) is 0. The van der Waals surface area contributed by atoms with E-state index in [1.54, 1.807) is 6.07 Å². The molecule has 1 aromatic carbocycles. The van der Waals surface area contributed by atoms with Crippen LogP contribution in [0.15, 0.2) is 36.5 Å². The molecular weight excluding hydrogens is 305 g/mol. The Bertz CT molecular complexity index is 691. The molecule has 1 aromatic heterocycles. The maximum atomic E-state index is 12.0. The number of nitro benzene ring substituents is 1. The summed E-state index contributed by atoms with van der Waals surface area (Å²) in [5.41, 5.74) is -0.488. The van der Waals surface area contributed by atoms with Gasteiger partial charge in [-0.2, -0.15) is 0 Å². The van der Waals surface area contributed by atoms with Gasteiger partial charge in [-0.3, -0.25) is 14.9 Å². The molecule has 0 aliphatic carbocycles. The van der Waals surface area contributed by atoms with Crippen LogP contribution in [0.25, 0.3) is 0 Å². The highest BCUT2D eigenvalue weighted by Crippen LogP contribution is 2.23. The van der Waals surface area contributed by atoms with Gasteiger partial charge in [-0.25, -0.2) is 4.98 Å². The number of benzene rings is 1. The Morgan fingerprint density at radius 1 is 1.20 bits per heavy atom. The van der Waals surface area contributed by atoms with E-state index >= 15 is 0 Å². The second-order valence-corrected chi connectivity index (χ2v) is 4.60. The molecule has 2 rings (SSSR count). The van der Waals surface area contributed by atoms with Gasteiger partial charge in [0.25, 0.3) is 11.6 Å². The minimum absolute atomic E-state index is 0.149. The van der Waals surface area contributed by atoms with Crippen LogP contribution in [0.4, 0.5) is 11.5 Å². The minimum Gasteiger partial charge on any atom is -0.306 e. The summed E-state index contributed by atoms with van der Waals surface area (Å²) in [5.74, 6) is -0.495. The normalized spacial score (nSPS) is 10.1. The highest BCUT2D eigenvalue weighted by Gasteiger charge is 2.20. The molecule has 0 saturated carbocycles. The van der Waals surface area contributed by atoms with Crippen LogP contribution in [0.1, 0.15) is 10.4 Å². The number of nitro groups is 1. The molecule has 0 radical (unpaired) electrons. The summed E-state index contributed by atoms with van der Waals surface area (Å²) in [5, 5.41) is 13.9. The molecule has 1 amide bonds. The molecule has 6 nitrogen and oxygen atoms in total. The lowest BCUT2D eigenvalue weighted by Crippen LogP contribution is -2.14. The van der Waals surface area contributed by atoms with Gasteiger partial charge in [-0.05, 0) is 24.3 Å². The maximum absolute atomic E-state index is 12.0. The van der Waals surface area contributed by atoms with Crippen LogP contribution in [0.3, 0.4) is 0 Å². The predicted octanol–water partition coefficient (Wildman–Crippen LogP) is 3.55. The Morgan fingerprint density at radius 2 is 1.90 bits per heavy atom. The van der Waals surface area contributed by atoms with E-state index in [-0.39, 0.29) is 22.1 Å². The Hall–Kier alpha value is -2.18. The van der Waals surface area contributed by atoms with Crippen LogP contribution in [-0.2, 0) is 0 Å². The third kappa shape index (κ3) is 3.23. The molecule has 2 aromatic rings. The van der Waals surface area contributed by atoms with Gasteiger partial charge in [-0.1, -0.05) is 23.2 Å². The first-order valence-corrected chi connectivity index (χ1v) is 6.10. The first-order chi connectivity index (χ1) is 9.47. The zero-order valence-corrected chi connectivity index (χ0v) is 11.4. The Morgan fingerprint density at radius 3 is 2.55 bits per heavy atom. The highest BCUT2D eigenvalue weighted by molar-refractivity contribution is 6.31. The largest absolute Gasteiger partial charge is 0.306 e. The van der Waals surface area contributed by atoms with E-state index in [0.717, 1.165) is 0 Å². The fraction of sp³-hybridized carbons (Fsp3) is 0. The number of hydrogen-bond donors (Lipinski definition) is 1. The van der Waals surface area contributed by atoms with Crippen molar-refractivity contribution >= 4 is 40.6 Å². The molecule has 0 atom stereocenters. The molecule has 0 unspecified atom stereocenters. The van der Waals surface area contributed by atoms with Crippen molar-refractivity contribution in [2.75, 3.05) is 5.32 Å². The number of nitrogens with one attached hydrogen (secondary N) is 1. The number of nitrogens with zero attached hydrogens (tertiary/aromatic N) is 2. The lowest BCUT2D eigenvalue weighted by Gasteiger charge is -2.05. The third-order valence-corrected chi connectivity index (χ3v) is 2.83.